The highest BCUT2D eigenvalue weighted by atomic mass is 32.2. The summed E-state index contributed by atoms with van der Waals surface area (Å²) in [4.78, 5) is 16.2. The van der Waals surface area contributed by atoms with E-state index in [1.165, 1.54) is 11.8 Å². The summed E-state index contributed by atoms with van der Waals surface area (Å²) in [5.41, 5.74) is 0.830. The van der Waals surface area contributed by atoms with Crippen molar-refractivity contribution in [2.45, 2.75) is 18.6 Å². The minimum absolute atomic E-state index is 0.165. The number of sulfonamides is 1. The van der Waals surface area contributed by atoms with E-state index < -0.39 is 10.0 Å². The van der Waals surface area contributed by atoms with Gasteiger partial charge in [0.15, 0.2) is 0 Å². The van der Waals surface area contributed by atoms with Crippen molar-refractivity contribution in [2.75, 3.05) is 25.1 Å². The van der Waals surface area contributed by atoms with Crippen molar-refractivity contribution in [3.8, 4) is 0 Å². The van der Waals surface area contributed by atoms with Gasteiger partial charge in [0.1, 0.15) is 5.82 Å². The number of nitrogens with one attached hydrogen (secondary N) is 2. The molecule has 25 heavy (non-hydrogen) atoms. The molecular weight excluding hydrogens is 362 g/mol. The lowest BCUT2D eigenvalue weighted by Gasteiger charge is -2.19. The molecule has 0 fully saturated rings. The molecule has 1 amide bonds. The molecule has 0 atom stereocenters. The summed E-state index contributed by atoms with van der Waals surface area (Å²) >= 11 is 1.41. The zero-order valence-corrected chi connectivity index (χ0v) is 15.7. The van der Waals surface area contributed by atoms with E-state index in [1.807, 2.05) is 37.3 Å². The fraction of sp³-hybridized carbons (Fsp3) is 0.400. The van der Waals surface area contributed by atoms with E-state index in [0.29, 0.717) is 17.5 Å². The van der Waals surface area contributed by atoms with Crippen LogP contribution in [0.4, 0.5) is 0 Å². The van der Waals surface area contributed by atoms with Gasteiger partial charge in [-0.25, -0.2) is 13.4 Å². The lowest BCUT2D eigenvalue weighted by Crippen LogP contribution is -2.40. The van der Waals surface area contributed by atoms with E-state index in [2.05, 4.69) is 20.5 Å². The molecule has 0 saturated carbocycles. The standard InChI is InChI=1S/C15H21N5O3S2/c1-12-17-15(19-18-12)24-9-8-16-14(21)11-20(25(2,22)23)10-13-6-4-3-5-7-13/h3-7H,8-11H2,1-2H3,(H,16,21)(H,17,18,19). The SMILES string of the molecule is Cc1nc(SCCNC(=O)CN(Cc2ccccc2)S(C)(=O)=O)n[nH]1. The Morgan fingerprint density at radius 2 is 2.04 bits per heavy atom. The van der Waals surface area contributed by atoms with Crippen molar-refractivity contribution in [3.63, 3.8) is 0 Å². The average Bonchev–Trinajstić information content (AvgIpc) is 2.96. The van der Waals surface area contributed by atoms with Crippen molar-refractivity contribution in [3.05, 3.63) is 41.7 Å². The minimum Gasteiger partial charge on any atom is -0.354 e. The highest BCUT2D eigenvalue weighted by Gasteiger charge is 2.20. The number of benzene rings is 1. The Morgan fingerprint density at radius 3 is 2.64 bits per heavy atom. The quantitative estimate of drug-likeness (QED) is 0.489. The smallest absolute Gasteiger partial charge is 0.235 e. The molecule has 136 valence electrons. The number of aromatic amines is 1. The van der Waals surface area contributed by atoms with Crippen molar-refractivity contribution in [1.29, 1.82) is 0 Å². The third-order valence-corrected chi connectivity index (χ3v) is 5.27. The number of hydrogen-bond donors (Lipinski definition) is 2. The Hall–Kier alpha value is -1.91. The average molecular weight is 383 g/mol. The molecule has 1 heterocycles. The predicted octanol–water partition coefficient (Wildman–Crippen LogP) is 0.783. The molecule has 1 aromatic carbocycles. The second-order valence-corrected chi connectivity index (χ2v) is 8.46. The van der Waals surface area contributed by atoms with Crippen LogP contribution in [0.15, 0.2) is 35.5 Å². The second-order valence-electron chi connectivity index (χ2n) is 5.42. The summed E-state index contributed by atoms with van der Waals surface area (Å²) in [6, 6.07) is 9.17. The van der Waals surface area contributed by atoms with Crippen LogP contribution in [-0.2, 0) is 21.4 Å². The van der Waals surface area contributed by atoms with Crippen LogP contribution >= 0.6 is 11.8 Å². The van der Waals surface area contributed by atoms with E-state index in [-0.39, 0.29) is 19.0 Å². The van der Waals surface area contributed by atoms with Gasteiger partial charge in [-0.15, -0.1) is 5.10 Å². The molecule has 0 radical (unpaired) electrons. The van der Waals surface area contributed by atoms with Crippen LogP contribution in [0.25, 0.3) is 0 Å². The number of carbonyl (C=O) groups is 1. The van der Waals surface area contributed by atoms with Gasteiger partial charge < -0.3 is 5.32 Å². The molecule has 2 N–H and O–H groups in total. The Kier molecular flexibility index (Phi) is 6.97. The summed E-state index contributed by atoms with van der Waals surface area (Å²) in [6.07, 6.45) is 1.10. The molecule has 1 aromatic heterocycles. The maximum Gasteiger partial charge on any atom is 0.235 e. The highest BCUT2D eigenvalue weighted by molar-refractivity contribution is 7.99. The van der Waals surface area contributed by atoms with Gasteiger partial charge in [-0.3, -0.25) is 9.89 Å². The first-order chi connectivity index (χ1) is 11.8. The second kappa shape index (κ2) is 8.97. The molecular formula is C15H21N5O3S2. The number of H-pyrrole nitrogens is 1. The Labute approximate surface area is 151 Å². The Bertz CT molecular complexity index is 793. The van der Waals surface area contributed by atoms with Crippen LogP contribution in [-0.4, -0.2) is 58.9 Å². The highest BCUT2D eigenvalue weighted by Crippen LogP contribution is 2.11. The van der Waals surface area contributed by atoms with Gasteiger partial charge in [0.2, 0.25) is 21.1 Å². The van der Waals surface area contributed by atoms with Crippen LogP contribution in [0.2, 0.25) is 0 Å². The van der Waals surface area contributed by atoms with Gasteiger partial charge in [0.25, 0.3) is 0 Å². The first-order valence-electron chi connectivity index (χ1n) is 7.62. The third-order valence-electron chi connectivity index (χ3n) is 3.22. The van der Waals surface area contributed by atoms with Gasteiger partial charge in [0, 0.05) is 18.8 Å². The van der Waals surface area contributed by atoms with Crippen LogP contribution in [0, 0.1) is 6.92 Å². The van der Waals surface area contributed by atoms with Gasteiger partial charge in [-0.2, -0.15) is 4.31 Å². The fourth-order valence-corrected chi connectivity index (χ4v) is 3.45. The maximum atomic E-state index is 12.0. The maximum absolute atomic E-state index is 12.0. The number of nitrogens with zero attached hydrogens (tertiary/aromatic N) is 3. The monoisotopic (exact) mass is 383 g/mol. The summed E-state index contributed by atoms with van der Waals surface area (Å²) in [6.45, 7) is 2.17. The molecule has 0 unspecified atom stereocenters. The van der Waals surface area contributed by atoms with Crippen molar-refractivity contribution in [2.24, 2.45) is 0 Å². The van der Waals surface area contributed by atoms with Gasteiger partial charge >= 0.3 is 0 Å². The molecule has 0 spiro atoms. The molecule has 0 aliphatic heterocycles. The minimum atomic E-state index is -3.49. The number of rotatable bonds is 9. The van der Waals surface area contributed by atoms with E-state index in [4.69, 9.17) is 0 Å². The lowest BCUT2D eigenvalue weighted by molar-refractivity contribution is -0.121. The number of aryl methyl sites for hydroxylation is 1. The van der Waals surface area contributed by atoms with Gasteiger partial charge in [-0.05, 0) is 12.5 Å². The molecule has 8 nitrogen and oxygen atoms in total. The van der Waals surface area contributed by atoms with Crippen LogP contribution in [0.3, 0.4) is 0 Å². The number of hydrogen-bond acceptors (Lipinski definition) is 6. The van der Waals surface area contributed by atoms with E-state index in [1.54, 1.807) is 0 Å². The van der Waals surface area contributed by atoms with Crippen molar-refractivity contribution < 1.29 is 13.2 Å². The number of thioether (sulfide) groups is 1. The van der Waals surface area contributed by atoms with E-state index in [0.717, 1.165) is 21.9 Å². The van der Waals surface area contributed by atoms with Gasteiger partial charge in [-0.1, -0.05) is 42.1 Å². The van der Waals surface area contributed by atoms with E-state index >= 15 is 0 Å². The third kappa shape index (κ3) is 6.85. The Balaban J connectivity index is 1.80. The molecule has 0 bridgehead atoms. The fourth-order valence-electron chi connectivity index (χ4n) is 2.01. The summed E-state index contributed by atoms with van der Waals surface area (Å²) in [7, 11) is -3.49. The van der Waals surface area contributed by atoms with Crippen LogP contribution in [0.1, 0.15) is 11.4 Å². The summed E-state index contributed by atoms with van der Waals surface area (Å²) in [5, 5.41) is 10.1. The number of amides is 1. The van der Waals surface area contributed by atoms with Crippen molar-refractivity contribution in [1.82, 2.24) is 24.8 Å². The zero-order valence-electron chi connectivity index (χ0n) is 14.1. The first-order valence-corrected chi connectivity index (χ1v) is 10.5. The molecule has 0 saturated heterocycles. The lowest BCUT2D eigenvalue weighted by atomic mass is 10.2. The molecule has 0 aliphatic carbocycles. The number of aromatic nitrogens is 3. The van der Waals surface area contributed by atoms with Crippen LogP contribution < -0.4 is 5.32 Å². The van der Waals surface area contributed by atoms with Crippen molar-refractivity contribution >= 4 is 27.7 Å². The normalized spacial score (nSPS) is 11.6. The first kappa shape index (κ1) is 19.4. The molecule has 10 heteroatoms. The summed E-state index contributed by atoms with van der Waals surface area (Å²) in [5.74, 6) is 0.991. The summed E-state index contributed by atoms with van der Waals surface area (Å²) < 4.78 is 25.0. The van der Waals surface area contributed by atoms with E-state index in [9.17, 15) is 13.2 Å². The Morgan fingerprint density at radius 1 is 1.32 bits per heavy atom. The van der Waals surface area contributed by atoms with Crippen LogP contribution in [0.5, 0.6) is 0 Å². The molecule has 2 aromatic rings. The largest absolute Gasteiger partial charge is 0.354 e. The molecule has 2 rings (SSSR count). The topological polar surface area (TPSA) is 108 Å². The number of carbonyl (C=O) groups excluding carboxylic acids is 1. The molecule has 0 aliphatic rings. The zero-order chi connectivity index (χ0) is 18.3. The predicted molar refractivity (Wildman–Crippen MR) is 96.5 cm³/mol. The van der Waals surface area contributed by atoms with Gasteiger partial charge in [0.05, 0.1) is 12.8 Å².